The van der Waals surface area contributed by atoms with E-state index in [1.165, 1.54) is 18.3 Å². The van der Waals surface area contributed by atoms with Crippen molar-refractivity contribution in [3.8, 4) is 0 Å². The molecule has 108 valence electrons. The van der Waals surface area contributed by atoms with Crippen LogP contribution in [0.4, 0.5) is 0 Å². The Morgan fingerprint density at radius 1 is 1.30 bits per heavy atom. The van der Waals surface area contributed by atoms with Gasteiger partial charge >= 0.3 is 5.97 Å². The standard InChI is InChI=1S/C14H15Cl2NO3/c1-4-20-14(19)11(8-17(2)3)13(18)10-6-5-9(15)7-12(10)16/h5-8H,4H2,1-3H3. The van der Waals surface area contributed by atoms with Crippen molar-refractivity contribution in [3.05, 3.63) is 45.6 Å². The highest BCUT2D eigenvalue weighted by Crippen LogP contribution is 2.23. The molecule has 0 aliphatic carbocycles. The van der Waals surface area contributed by atoms with Gasteiger partial charge in [0.05, 0.1) is 11.6 Å². The van der Waals surface area contributed by atoms with Crippen LogP contribution in [0.1, 0.15) is 17.3 Å². The summed E-state index contributed by atoms with van der Waals surface area (Å²) in [5.74, 6) is -1.18. The second-order valence-electron chi connectivity index (χ2n) is 4.18. The highest BCUT2D eigenvalue weighted by Gasteiger charge is 2.23. The Bertz CT molecular complexity index is 553. The second kappa shape index (κ2) is 7.31. The molecule has 0 atom stereocenters. The van der Waals surface area contributed by atoms with E-state index >= 15 is 0 Å². The summed E-state index contributed by atoms with van der Waals surface area (Å²) in [4.78, 5) is 25.9. The van der Waals surface area contributed by atoms with E-state index in [-0.39, 0.29) is 22.8 Å². The molecular weight excluding hydrogens is 301 g/mol. The van der Waals surface area contributed by atoms with Gasteiger partial charge in [0.1, 0.15) is 5.57 Å². The lowest BCUT2D eigenvalue weighted by atomic mass is 10.0. The number of hydrogen-bond donors (Lipinski definition) is 0. The Morgan fingerprint density at radius 3 is 2.45 bits per heavy atom. The van der Waals surface area contributed by atoms with Crippen molar-refractivity contribution in [2.45, 2.75) is 6.92 Å². The van der Waals surface area contributed by atoms with Crippen molar-refractivity contribution < 1.29 is 14.3 Å². The Morgan fingerprint density at radius 2 is 1.95 bits per heavy atom. The van der Waals surface area contributed by atoms with Crippen molar-refractivity contribution in [1.82, 2.24) is 4.90 Å². The SMILES string of the molecule is CCOC(=O)C(=CN(C)C)C(=O)c1ccc(Cl)cc1Cl. The molecule has 1 rings (SSSR count). The van der Waals surface area contributed by atoms with Crippen LogP contribution < -0.4 is 0 Å². The zero-order valence-electron chi connectivity index (χ0n) is 11.4. The third-order valence-corrected chi connectivity index (χ3v) is 2.85. The summed E-state index contributed by atoms with van der Waals surface area (Å²) in [7, 11) is 3.41. The molecule has 0 fully saturated rings. The van der Waals surface area contributed by atoms with Crippen LogP contribution in [-0.4, -0.2) is 37.4 Å². The fourth-order valence-electron chi connectivity index (χ4n) is 1.49. The third kappa shape index (κ3) is 4.25. The average molecular weight is 316 g/mol. The Kier molecular flexibility index (Phi) is 6.05. The van der Waals surface area contributed by atoms with Crippen molar-refractivity contribution in [2.75, 3.05) is 20.7 Å². The summed E-state index contributed by atoms with van der Waals surface area (Å²) in [5.41, 5.74) is 0.123. The first kappa shape index (κ1) is 16.5. The van der Waals surface area contributed by atoms with Gasteiger partial charge in [0.15, 0.2) is 0 Å². The molecule has 0 N–H and O–H groups in total. The molecule has 4 nitrogen and oxygen atoms in total. The van der Waals surface area contributed by atoms with Gasteiger partial charge in [-0.25, -0.2) is 4.79 Å². The zero-order valence-corrected chi connectivity index (χ0v) is 13.0. The lowest BCUT2D eigenvalue weighted by molar-refractivity contribution is -0.138. The minimum absolute atomic E-state index is 0.0823. The van der Waals surface area contributed by atoms with Gasteiger partial charge in [-0.1, -0.05) is 23.2 Å². The molecule has 0 saturated heterocycles. The van der Waals surface area contributed by atoms with Crippen LogP contribution in [0, 0.1) is 0 Å². The number of carbonyl (C=O) groups is 2. The number of carbonyl (C=O) groups excluding carboxylic acids is 2. The minimum atomic E-state index is -0.683. The Balaban J connectivity index is 3.20. The lowest BCUT2D eigenvalue weighted by Gasteiger charge is -2.11. The predicted octanol–water partition coefficient (Wildman–Crippen LogP) is 3.18. The van der Waals surface area contributed by atoms with Crippen LogP contribution >= 0.6 is 23.2 Å². The average Bonchev–Trinajstić information content (AvgIpc) is 2.35. The fourth-order valence-corrected chi connectivity index (χ4v) is 1.98. The molecule has 1 aromatic carbocycles. The van der Waals surface area contributed by atoms with Crippen molar-refractivity contribution in [3.63, 3.8) is 0 Å². The molecule has 1 aromatic rings. The number of halogens is 2. The van der Waals surface area contributed by atoms with Crippen LogP contribution in [0.2, 0.25) is 10.0 Å². The van der Waals surface area contributed by atoms with E-state index in [1.54, 1.807) is 32.0 Å². The second-order valence-corrected chi connectivity index (χ2v) is 5.02. The summed E-state index contributed by atoms with van der Waals surface area (Å²) in [6, 6.07) is 4.48. The number of Topliss-reactive ketones (excluding diaryl/α,β-unsaturated/α-hetero) is 1. The van der Waals surface area contributed by atoms with E-state index in [2.05, 4.69) is 0 Å². The third-order valence-electron chi connectivity index (χ3n) is 2.30. The summed E-state index contributed by atoms with van der Waals surface area (Å²) in [6.07, 6.45) is 1.41. The number of ether oxygens (including phenoxy) is 1. The Labute approximate surface area is 127 Å². The molecule has 20 heavy (non-hydrogen) atoms. The van der Waals surface area contributed by atoms with E-state index in [4.69, 9.17) is 27.9 Å². The molecule has 0 heterocycles. The molecule has 0 unspecified atom stereocenters. The van der Waals surface area contributed by atoms with Gasteiger partial charge in [-0.2, -0.15) is 0 Å². The van der Waals surface area contributed by atoms with Gasteiger partial charge in [0.2, 0.25) is 5.78 Å². The first-order valence-corrected chi connectivity index (χ1v) is 6.67. The summed E-state index contributed by atoms with van der Waals surface area (Å²) in [5, 5.41) is 0.609. The lowest BCUT2D eigenvalue weighted by Crippen LogP contribution is -2.19. The first-order valence-electron chi connectivity index (χ1n) is 5.92. The minimum Gasteiger partial charge on any atom is -0.462 e. The molecular formula is C14H15Cl2NO3. The highest BCUT2D eigenvalue weighted by molar-refractivity contribution is 6.38. The predicted molar refractivity (Wildman–Crippen MR) is 79.2 cm³/mol. The van der Waals surface area contributed by atoms with Crippen LogP contribution in [0.3, 0.4) is 0 Å². The molecule has 0 aromatic heterocycles. The Hall–Kier alpha value is -1.52. The molecule has 0 aliphatic rings. The summed E-state index contributed by atoms with van der Waals surface area (Å²) in [6.45, 7) is 1.86. The van der Waals surface area contributed by atoms with Gasteiger partial charge in [0, 0.05) is 30.9 Å². The molecule has 0 aliphatic heterocycles. The smallest absolute Gasteiger partial charge is 0.343 e. The van der Waals surface area contributed by atoms with Gasteiger partial charge in [-0.15, -0.1) is 0 Å². The van der Waals surface area contributed by atoms with E-state index in [9.17, 15) is 9.59 Å². The molecule has 0 bridgehead atoms. The maximum Gasteiger partial charge on any atom is 0.343 e. The maximum absolute atomic E-state index is 12.4. The quantitative estimate of drug-likeness (QED) is 0.275. The number of hydrogen-bond acceptors (Lipinski definition) is 4. The number of ketones is 1. The van der Waals surface area contributed by atoms with Gasteiger partial charge in [-0.3, -0.25) is 4.79 Å². The first-order chi connectivity index (χ1) is 9.36. The van der Waals surface area contributed by atoms with E-state index in [1.807, 2.05) is 0 Å². The molecule has 0 saturated carbocycles. The van der Waals surface area contributed by atoms with E-state index in [0.29, 0.717) is 5.02 Å². The molecule has 0 spiro atoms. The van der Waals surface area contributed by atoms with Crippen molar-refractivity contribution >= 4 is 35.0 Å². The highest BCUT2D eigenvalue weighted by atomic mass is 35.5. The number of benzene rings is 1. The fraction of sp³-hybridized carbons (Fsp3) is 0.286. The van der Waals surface area contributed by atoms with E-state index in [0.717, 1.165) is 0 Å². The van der Waals surface area contributed by atoms with Gasteiger partial charge in [-0.05, 0) is 25.1 Å². The summed E-state index contributed by atoms with van der Waals surface area (Å²) >= 11 is 11.8. The number of esters is 1. The molecule has 6 heteroatoms. The number of nitrogens with zero attached hydrogens (tertiary/aromatic N) is 1. The van der Waals surface area contributed by atoms with Crippen molar-refractivity contribution in [1.29, 1.82) is 0 Å². The van der Waals surface area contributed by atoms with E-state index < -0.39 is 11.8 Å². The largest absolute Gasteiger partial charge is 0.462 e. The molecule has 0 radical (unpaired) electrons. The number of rotatable bonds is 5. The summed E-state index contributed by atoms with van der Waals surface area (Å²) < 4.78 is 4.89. The monoisotopic (exact) mass is 315 g/mol. The van der Waals surface area contributed by atoms with Crippen LogP contribution in [-0.2, 0) is 9.53 Å². The topological polar surface area (TPSA) is 46.6 Å². The van der Waals surface area contributed by atoms with Crippen LogP contribution in [0.15, 0.2) is 30.0 Å². The zero-order chi connectivity index (χ0) is 15.3. The maximum atomic E-state index is 12.4. The van der Waals surface area contributed by atoms with Gasteiger partial charge in [0.25, 0.3) is 0 Å². The van der Waals surface area contributed by atoms with Crippen molar-refractivity contribution in [2.24, 2.45) is 0 Å². The van der Waals surface area contributed by atoms with Gasteiger partial charge < -0.3 is 9.64 Å². The van der Waals surface area contributed by atoms with Crippen LogP contribution in [0.5, 0.6) is 0 Å². The normalized spacial score (nSPS) is 11.2. The van der Waals surface area contributed by atoms with Crippen LogP contribution in [0.25, 0.3) is 0 Å². The molecule has 0 amide bonds.